The maximum absolute atomic E-state index is 12.7. The van der Waals surface area contributed by atoms with E-state index in [1.165, 1.54) is 4.90 Å². The summed E-state index contributed by atoms with van der Waals surface area (Å²) in [6, 6.07) is 4.86. The van der Waals surface area contributed by atoms with E-state index in [-0.39, 0.29) is 37.9 Å². The molecule has 2 amide bonds. The molecule has 6 rings (SSSR count). The molecule has 3 aliphatic carbocycles. The third-order valence-corrected chi connectivity index (χ3v) is 6.94. The lowest BCUT2D eigenvalue weighted by Gasteiger charge is -2.69. The number of nitrogens with zero attached hydrogens (tertiary/aromatic N) is 1. The van der Waals surface area contributed by atoms with Crippen LogP contribution in [0.15, 0.2) is 18.2 Å². The predicted octanol–water partition coefficient (Wildman–Crippen LogP) is 2.08. The van der Waals surface area contributed by atoms with Crippen molar-refractivity contribution in [1.29, 1.82) is 0 Å². The number of hydrogen-bond donors (Lipinski definition) is 2. The van der Waals surface area contributed by atoms with E-state index in [9.17, 15) is 27.9 Å². The quantitative estimate of drug-likeness (QED) is 0.634. The van der Waals surface area contributed by atoms with Gasteiger partial charge in [0.05, 0.1) is 11.7 Å². The Labute approximate surface area is 191 Å². The number of hydrogen-bond acceptors (Lipinski definition) is 6. The molecule has 2 aliphatic heterocycles. The fraction of sp³-hybridized carbons (Fsp3) is 0.619. The topological polar surface area (TPSA) is 97.3 Å². The number of alkyl halides is 3. The molecule has 3 saturated carbocycles. The molecule has 0 spiro atoms. The van der Waals surface area contributed by atoms with Crippen molar-refractivity contribution in [2.45, 2.75) is 61.5 Å². The zero-order chi connectivity index (χ0) is 23.6. The number of rotatable bonds is 6. The molecule has 8 nitrogen and oxygen atoms in total. The highest BCUT2D eigenvalue weighted by Crippen LogP contribution is 2.62. The van der Waals surface area contributed by atoms with Crippen molar-refractivity contribution in [2.75, 3.05) is 19.7 Å². The number of nitrogens with one attached hydrogen (secondary N) is 1. The van der Waals surface area contributed by atoms with Crippen molar-refractivity contribution in [3.05, 3.63) is 28.8 Å². The average Bonchev–Trinajstić information content (AvgIpc) is 2.64. The smallest absolute Gasteiger partial charge is 0.480 e. The van der Waals surface area contributed by atoms with E-state index in [0.717, 1.165) is 0 Å². The number of carbonyl (C=O) groups is 2. The van der Waals surface area contributed by atoms with Crippen molar-refractivity contribution in [2.24, 2.45) is 0 Å². The van der Waals surface area contributed by atoms with Gasteiger partial charge < -0.3 is 24.8 Å². The highest BCUT2D eigenvalue weighted by Gasteiger charge is 2.70. The SMILES string of the molecule is O=C(NC12CC(OCC(=O)N3CC(OC(F)(F)F)C3)(C1)C2)[C@H]1C[C@@H](O)c2cc(Cl)ccc2O1. The monoisotopic (exact) mass is 490 g/mol. The molecule has 180 valence electrons. The highest BCUT2D eigenvalue weighted by molar-refractivity contribution is 6.30. The van der Waals surface area contributed by atoms with Crippen molar-refractivity contribution >= 4 is 23.4 Å². The number of amides is 2. The van der Waals surface area contributed by atoms with Gasteiger partial charge in [-0.2, -0.15) is 0 Å². The zero-order valence-electron chi connectivity index (χ0n) is 17.4. The molecule has 1 aromatic carbocycles. The summed E-state index contributed by atoms with van der Waals surface area (Å²) in [5.41, 5.74) is -0.365. The summed E-state index contributed by atoms with van der Waals surface area (Å²) in [5.74, 6) is -0.290. The van der Waals surface area contributed by atoms with Crippen LogP contribution in [0.4, 0.5) is 13.2 Å². The molecule has 33 heavy (non-hydrogen) atoms. The summed E-state index contributed by atoms with van der Waals surface area (Å²) in [7, 11) is 0. The van der Waals surface area contributed by atoms with Crippen LogP contribution in [-0.2, 0) is 19.1 Å². The summed E-state index contributed by atoms with van der Waals surface area (Å²) in [5, 5.41) is 13.8. The summed E-state index contributed by atoms with van der Waals surface area (Å²) in [6.07, 6.45) is -5.70. The van der Waals surface area contributed by atoms with E-state index in [1.807, 2.05) is 0 Å². The van der Waals surface area contributed by atoms with E-state index in [1.54, 1.807) is 18.2 Å². The van der Waals surface area contributed by atoms with Crippen molar-refractivity contribution in [3.8, 4) is 5.75 Å². The largest absolute Gasteiger partial charge is 0.522 e. The fourth-order valence-corrected chi connectivity index (χ4v) is 5.29. The lowest BCUT2D eigenvalue weighted by atomic mass is 9.46. The minimum absolute atomic E-state index is 0.111. The minimum Gasteiger partial charge on any atom is -0.480 e. The van der Waals surface area contributed by atoms with E-state index in [4.69, 9.17) is 21.1 Å². The second-order valence-corrected chi connectivity index (χ2v) is 9.73. The van der Waals surface area contributed by atoms with E-state index >= 15 is 0 Å². The Kier molecular flexibility index (Phi) is 5.31. The van der Waals surface area contributed by atoms with Gasteiger partial charge in [0.1, 0.15) is 18.5 Å². The Morgan fingerprint density at radius 2 is 1.97 bits per heavy atom. The first-order valence-corrected chi connectivity index (χ1v) is 11.0. The molecule has 1 aromatic rings. The molecule has 2 bridgehead atoms. The molecule has 0 unspecified atom stereocenters. The van der Waals surface area contributed by atoms with E-state index < -0.39 is 35.8 Å². The Morgan fingerprint density at radius 1 is 1.27 bits per heavy atom. The van der Waals surface area contributed by atoms with Gasteiger partial charge in [-0.05, 0) is 37.5 Å². The van der Waals surface area contributed by atoms with Crippen molar-refractivity contribution in [1.82, 2.24) is 10.2 Å². The summed E-state index contributed by atoms with van der Waals surface area (Å²) < 4.78 is 51.8. The lowest BCUT2D eigenvalue weighted by Crippen LogP contribution is -2.80. The van der Waals surface area contributed by atoms with E-state index in [2.05, 4.69) is 10.1 Å². The molecule has 5 aliphatic rings. The first-order chi connectivity index (χ1) is 15.4. The molecular weight excluding hydrogens is 469 g/mol. The Morgan fingerprint density at radius 3 is 2.64 bits per heavy atom. The third kappa shape index (κ3) is 4.39. The number of benzene rings is 1. The number of likely N-dealkylation sites (tertiary alicyclic amines) is 1. The molecule has 2 N–H and O–H groups in total. The van der Waals surface area contributed by atoms with Crippen molar-refractivity contribution < 1.29 is 42.1 Å². The molecular formula is C21H22ClF3N2O6. The summed E-state index contributed by atoms with van der Waals surface area (Å²) >= 11 is 5.95. The number of aliphatic hydroxyl groups excluding tert-OH is 1. The number of fused-ring (bicyclic) bond motifs is 1. The van der Waals surface area contributed by atoms with Crippen LogP contribution >= 0.6 is 11.6 Å². The Balaban J connectivity index is 1.05. The van der Waals surface area contributed by atoms with Gasteiger partial charge in [-0.3, -0.25) is 14.3 Å². The fourth-order valence-electron chi connectivity index (χ4n) is 5.11. The number of ether oxygens (including phenoxy) is 3. The normalized spacial score (nSPS) is 32.6. The van der Waals surface area contributed by atoms with Crippen LogP contribution in [0.1, 0.15) is 37.4 Å². The van der Waals surface area contributed by atoms with E-state index in [0.29, 0.717) is 35.6 Å². The highest BCUT2D eigenvalue weighted by atomic mass is 35.5. The minimum atomic E-state index is -4.71. The maximum atomic E-state index is 12.7. The van der Waals surface area contributed by atoms with Crippen LogP contribution < -0.4 is 10.1 Å². The van der Waals surface area contributed by atoms with Crippen molar-refractivity contribution in [3.63, 3.8) is 0 Å². The number of aliphatic hydroxyl groups is 1. The Hall–Kier alpha value is -2.08. The number of halogens is 4. The van der Waals surface area contributed by atoms with Crippen LogP contribution in [-0.4, -0.2) is 71.2 Å². The van der Waals surface area contributed by atoms with Gasteiger partial charge in [0.15, 0.2) is 6.10 Å². The van der Waals surface area contributed by atoms with Gasteiger partial charge in [0.25, 0.3) is 5.91 Å². The molecule has 1 saturated heterocycles. The van der Waals surface area contributed by atoms with Gasteiger partial charge in [-0.1, -0.05) is 11.6 Å². The predicted molar refractivity (Wildman–Crippen MR) is 106 cm³/mol. The van der Waals surface area contributed by atoms with Gasteiger partial charge in [0.2, 0.25) is 5.91 Å². The Bertz CT molecular complexity index is 963. The third-order valence-electron chi connectivity index (χ3n) is 6.70. The molecule has 0 aromatic heterocycles. The first-order valence-electron chi connectivity index (χ1n) is 10.6. The van der Waals surface area contributed by atoms with Crippen LogP contribution in [0.5, 0.6) is 5.75 Å². The molecule has 2 heterocycles. The van der Waals surface area contributed by atoms with Gasteiger partial charge in [0, 0.05) is 35.6 Å². The first kappa shape index (κ1) is 22.7. The zero-order valence-corrected chi connectivity index (χ0v) is 18.1. The second-order valence-electron chi connectivity index (χ2n) is 9.30. The summed E-state index contributed by atoms with van der Waals surface area (Å²) in [4.78, 5) is 26.1. The van der Waals surface area contributed by atoms with Crippen LogP contribution in [0.2, 0.25) is 5.02 Å². The van der Waals surface area contributed by atoms with Gasteiger partial charge >= 0.3 is 6.36 Å². The van der Waals surface area contributed by atoms with Gasteiger partial charge in [-0.15, -0.1) is 13.2 Å². The maximum Gasteiger partial charge on any atom is 0.522 e. The average molecular weight is 491 g/mol. The molecule has 12 heteroatoms. The second kappa shape index (κ2) is 7.72. The van der Waals surface area contributed by atoms with Crippen LogP contribution in [0.25, 0.3) is 0 Å². The standard InChI is InChI=1S/C21H22ClF3N2O6/c22-11-1-2-15-13(3-11)14(28)4-16(32-15)18(30)26-19-8-20(9-19,10-19)31-7-17(29)27-5-12(6-27)33-21(23,24)25/h1-3,12,14,16,28H,4-10H2,(H,26,30)/t14-,16-,19?,20?/m1/s1. The van der Waals surface area contributed by atoms with Crippen LogP contribution in [0, 0.1) is 0 Å². The molecule has 0 radical (unpaired) electrons. The van der Waals surface area contributed by atoms with Gasteiger partial charge in [-0.25, -0.2) is 0 Å². The number of carbonyl (C=O) groups excluding carboxylic acids is 2. The summed E-state index contributed by atoms with van der Waals surface area (Å²) in [6.45, 7) is -0.450. The molecule has 2 atom stereocenters. The molecule has 4 fully saturated rings. The lowest BCUT2D eigenvalue weighted by molar-refractivity contribution is -0.353. The van der Waals surface area contributed by atoms with Crippen LogP contribution in [0.3, 0.4) is 0 Å².